The Morgan fingerprint density at radius 3 is 3.11 bits per heavy atom. The summed E-state index contributed by atoms with van der Waals surface area (Å²) in [4.78, 5) is 28.3. The molecule has 6 nitrogen and oxygen atoms in total. The summed E-state index contributed by atoms with van der Waals surface area (Å²) in [6.07, 6.45) is 2.78. The number of hydrogen-bond donors (Lipinski definition) is 2. The molecule has 0 aromatic carbocycles. The number of H-pyrrole nitrogens is 1. The van der Waals surface area contributed by atoms with Crippen LogP contribution in [0.3, 0.4) is 0 Å². The Bertz CT molecular complexity index is 485. The fraction of sp³-hybridized carbons (Fsp3) is 0.500. The summed E-state index contributed by atoms with van der Waals surface area (Å²) in [5.41, 5.74) is 5.43. The number of nitrogens with zero attached hydrogens (tertiary/aromatic N) is 1. The number of aromatic nitrogens is 1. The van der Waals surface area contributed by atoms with Crippen molar-refractivity contribution in [2.75, 3.05) is 19.7 Å². The van der Waals surface area contributed by atoms with Crippen molar-refractivity contribution in [3.05, 3.63) is 34.2 Å². The molecule has 6 heteroatoms. The van der Waals surface area contributed by atoms with Crippen molar-refractivity contribution in [1.82, 2.24) is 9.88 Å². The number of carbonyl (C=O) groups excluding carboxylic acids is 1. The first-order chi connectivity index (χ1) is 8.63. The molecule has 18 heavy (non-hydrogen) atoms. The zero-order valence-electron chi connectivity index (χ0n) is 10.3. The fourth-order valence-electron chi connectivity index (χ4n) is 1.98. The van der Waals surface area contributed by atoms with E-state index in [4.69, 9.17) is 10.5 Å². The largest absolute Gasteiger partial charge is 0.373 e. The molecule has 1 saturated heterocycles. The Hall–Kier alpha value is -1.66. The number of hydrogen-bond acceptors (Lipinski definition) is 4. The number of morpholine rings is 1. The molecule has 1 aromatic rings. The molecular formula is C12H17N3O3. The average molecular weight is 251 g/mol. The Labute approximate surface area is 105 Å². The highest BCUT2D eigenvalue weighted by atomic mass is 16.5. The second-order valence-corrected chi connectivity index (χ2v) is 4.42. The third kappa shape index (κ3) is 2.44. The topological polar surface area (TPSA) is 88.4 Å². The minimum absolute atomic E-state index is 0.0556. The van der Waals surface area contributed by atoms with E-state index in [1.807, 2.05) is 6.92 Å². The Balaban J connectivity index is 2.22. The summed E-state index contributed by atoms with van der Waals surface area (Å²) in [7, 11) is 0. The van der Waals surface area contributed by atoms with Crippen molar-refractivity contribution < 1.29 is 9.53 Å². The minimum atomic E-state index is -0.276. The zero-order chi connectivity index (χ0) is 13.1. The van der Waals surface area contributed by atoms with Gasteiger partial charge in [0.05, 0.1) is 18.8 Å². The number of carbonyl (C=O) groups is 1. The number of rotatable bonds is 2. The van der Waals surface area contributed by atoms with Gasteiger partial charge in [0.1, 0.15) is 5.56 Å². The number of ether oxygens (including phenoxy) is 1. The van der Waals surface area contributed by atoms with E-state index in [1.54, 1.807) is 4.90 Å². The molecule has 1 amide bonds. The summed E-state index contributed by atoms with van der Waals surface area (Å²) in [6, 6.07) is 1.29. The molecule has 2 heterocycles. The lowest BCUT2D eigenvalue weighted by Crippen LogP contribution is -2.53. The van der Waals surface area contributed by atoms with Gasteiger partial charge < -0.3 is 20.4 Å². The van der Waals surface area contributed by atoms with E-state index in [2.05, 4.69) is 4.98 Å². The van der Waals surface area contributed by atoms with Crippen LogP contribution in [0, 0.1) is 0 Å². The highest BCUT2D eigenvalue weighted by Gasteiger charge is 2.30. The molecule has 1 aliphatic heterocycles. The maximum Gasteiger partial charge on any atom is 0.259 e. The van der Waals surface area contributed by atoms with Crippen LogP contribution in [0.2, 0.25) is 0 Å². The number of nitrogens with two attached hydrogens (primary N) is 1. The van der Waals surface area contributed by atoms with Gasteiger partial charge in [-0.1, -0.05) is 0 Å². The standard InChI is InChI=1S/C12H17N3O3/c1-8-7-18-9(4-13)6-15(8)12(17)10-5-14-3-2-11(10)16/h2-3,5,8-9H,4,6-7,13H2,1H3,(H,14,16). The van der Waals surface area contributed by atoms with Crippen LogP contribution >= 0.6 is 0 Å². The molecular weight excluding hydrogens is 234 g/mol. The van der Waals surface area contributed by atoms with Crippen LogP contribution in [-0.2, 0) is 4.74 Å². The van der Waals surface area contributed by atoms with Gasteiger partial charge in [-0.25, -0.2) is 0 Å². The molecule has 2 rings (SSSR count). The first-order valence-electron chi connectivity index (χ1n) is 5.93. The monoisotopic (exact) mass is 251 g/mol. The van der Waals surface area contributed by atoms with E-state index in [1.165, 1.54) is 18.5 Å². The molecule has 1 fully saturated rings. The normalized spacial score (nSPS) is 24.0. The van der Waals surface area contributed by atoms with Gasteiger partial charge in [-0.05, 0) is 6.92 Å². The maximum atomic E-state index is 12.3. The highest BCUT2D eigenvalue weighted by Crippen LogP contribution is 2.13. The molecule has 3 N–H and O–H groups in total. The van der Waals surface area contributed by atoms with Crippen LogP contribution in [0.1, 0.15) is 17.3 Å². The van der Waals surface area contributed by atoms with E-state index < -0.39 is 0 Å². The Morgan fingerprint density at radius 1 is 1.67 bits per heavy atom. The van der Waals surface area contributed by atoms with Gasteiger partial charge in [-0.2, -0.15) is 0 Å². The van der Waals surface area contributed by atoms with E-state index in [0.29, 0.717) is 19.7 Å². The molecule has 2 atom stereocenters. The van der Waals surface area contributed by atoms with E-state index >= 15 is 0 Å². The fourth-order valence-corrected chi connectivity index (χ4v) is 1.98. The van der Waals surface area contributed by atoms with Crippen LogP contribution in [-0.4, -0.2) is 47.6 Å². The lowest BCUT2D eigenvalue weighted by Gasteiger charge is -2.37. The number of pyridine rings is 1. The number of nitrogens with one attached hydrogen (secondary N) is 1. The summed E-state index contributed by atoms with van der Waals surface area (Å²) in [6.45, 7) is 3.12. The Morgan fingerprint density at radius 2 is 2.44 bits per heavy atom. The lowest BCUT2D eigenvalue weighted by atomic mass is 10.1. The van der Waals surface area contributed by atoms with Crippen LogP contribution in [0.15, 0.2) is 23.3 Å². The van der Waals surface area contributed by atoms with Crippen molar-refractivity contribution in [2.24, 2.45) is 5.73 Å². The van der Waals surface area contributed by atoms with Crippen LogP contribution < -0.4 is 11.2 Å². The summed E-state index contributed by atoms with van der Waals surface area (Å²) < 4.78 is 5.48. The summed E-state index contributed by atoms with van der Waals surface area (Å²) in [5, 5.41) is 0. The zero-order valence-corrected chi connectivity index (χ0v) is 10.3. The summed E-state index contributed by atoms with van der Waals surface area (Å²) in [5.74, 6) is -0.272. The van der Waals surface area contributed by atoms with Crippen molar-refractivity contribution in [3.63, 3.8) is 0 Å². The van der Waals surface area contributed by atoms with Gasteiger partial charge in [0.25, 0.3) is 5.91 Å². The average Bonchev–Trinajstić information content (AvgIpc) is 2.39. The van der Waals surface area contributed by atoms with Crippen molar-refractivity contribution >= 4 is 5.91 Å². The molecule has 0 spiro atoms. The van der Waals surface area contributed by atoms with Gasteiger partial charge in [-0.3, -0.25) is 9.59 Å². The SMILES string of the molecule is CC1COC(CN)CN1C(=O)c1c[nH]ccc1=O. The van der Waals surface area contributed by atoms with Gasteiger partial charge >= 0.3 is 0 Å². The Kier molecular flexibility index (Phi) is 3.78. The smallest absolute Gasteiger partial charge is 0.259 e. The molecule has 0 aliphatic carbocycles. The van der Waals surface area contributed by atoms with Crippen molar-refractivity contribution in [1.29, 1.82) is 0 Å². The predicted molar refractivity (Wildman–Crippen MR) is 66.4 cm³/mol. The second kappa shape index (κ2) is 5.32. The highest BCUT2D eigenvalue weighted by molar-refractivity contribution is 5.94. The van der Waals surface area contributed by atoms with Crippen molar-refractivity contribution in [3.8, 4) is 0 Å². The van der Waals surface area contributed by atoms with Gasteiger partial charge in [-0.15, -0.1) is 0 Å². The van der Waals surface area contributed by atoms with Crippen LogP contribution in [0.4, 0.5) is 0 Å². The van der Waals surface area contributed by atoms with Gasteiger partial charge in [0, 0.05) is 31.5 Å². The molecule has 0 saturated carbocycles. The molecule has 2 unspecified atom stereocenters. The summed E-state index contributed by atoms with van der Waals surface area (Å²) >= 11 is 0. The number of amides is 1. The third-order valence-corrected chi connectivity index (χ3v) is 3.08. The quantitative estimate of drug-likeness (QED) is 0.746. The second-order valence-electron chi connectivity index (χ2n) is 4.42. The number of aromatic amines is 1. The molecule has 1 aromatic heterocycles. The van der Waals surface area contributed by atoms with Crippen LogP contribution in [0.5, 0.6) is 0 Å². The lowest BCUT2D eigenvalue weighted by molar-refractivity contribution is -0.0426. The minimum Gasteiger partial charge on any atom is -0.373 e. The first kappa shape index (κ1) is 12.8. The van der Waals surface area contributed by atoms with Crippen molar-refractivity contribution in [2.45, 2.75) is 19.1 Å². The maximum absolute atomic E-state index is 12.3. The first-order valence-corrected chi connectivity index (χ1v) is 5.93. The predicted octanol–water partition coefficient (Wildman–Crippen LogP) is -0.437. The van der Waals surface area contributed by atoms with Crippen LogP contribution in [0.25, 0.3) is 0 Å². The molecule has 98 valence electrons. The van der Waals surface area contributed by atoms with E-state index in [-0.39, 0.29) is 29.0 Å². The van der Waals surface area contributed by atoms with E-state index in [0.717, 1.165) is 0 Å². The molecule has 0 bridgehead atoms. The van der Waals surface area contributed by atoms with Gasteiger partial charge in [0.15, 0.2) is 5.43 Å². The third-order valence-electron chi connectivity index (χ3n) is 3.08. The molecule has 0 radical (unpaired) electrons. The molecule has 1 aliphatic rings. The van der Waals surface area contributed by atoms with E-state index in [9.17, 15) is 9.59 Å². The van der Waals surface area contributed by atoms with Gasteiger partial charge in [0.2, 0.25) is 0 Å².